The molecule has 3 fully saturated rings. The Morgan fingerprint density at radius 1 is 1.18 bits per heavy atom. The van der Waals surface area contributed by atoms with Crippen LogP contribution >= 0.6 is 11.3 Å². The molecule has 0 amide bonds. The zero-order valence-corrected chi connectivity index (χ0v) is 20.1. The largest absolute Gasteiger partial charge is 0.421 e. The van der Waals surface area contributed by atoms with Gasteiger partial charge < -0.3 is 20.1 Å². The fourth-order valence-electron chi connectivity index (χ4n) is 4.99. The van der Waals surface area contributed by atoms with Gasteiger partial charge >= 0.3 is 6.18 Å². The summed E-state index contributed by atoms with van der Waals surface area (Å²) in [5, 5.41) is 15.2. The zero-order chi connectivity index (χ0) is 24.4. The Balaban J connectivity index is 1.44. The first-order valence-corrected chi connectivity index (χ1v) is 13.3. The van der Waals surface area contributed by atoms with E-state index in [0.29, 0.717) is 29.7 Å². The summed E-state index contributed by atoms with van der Waals surface area (Å²) in [5.41, 5.74) is -2.58. The Morgan fingerprint density at radius 3 is 2.38 bits per heavy atom. The highest BCUT2D eigenvalue weighted by Crippen LogP contribution is 2.43. The number of hydrogen-bond donors (Lipinski definition) is 2. The van der Waals surface area contributed by atoms with Crippen molar-refractivity contribution in [1.82, 2.24) is 9.62 Å². The summed E-state index contributed by atoms with van der Waals surface area (Å²) in [5.74, 6) is 0. The lowest BCUT2D eigenvalue weighted by Crippen LogP contribution is -2.79. The Labute approximate surface area is 200 Å². The summed E-state index contributed by atoms with van der Waals surface area (Å²) in [6, 6.07) is 8.75. The van der Waals surface area contributed by atoms with Crippen LogP contribution in [0.25, 0.3) is 0 Å². The molecule has 2 unspecified atom stereocenters. The van der Waals surface area contributed by atoms with Crippen molar-refractivity contribution < 1.29 is 31.4 Å². The minimum Gasteiger partial charge on any atom is -0.380 e. The molecule has 0 saturated carbocycles. The number of sulfonamides is 1. The maximum absolute atomic E-state index is 13.3. The molecule has 3 aliphatic rings. The first-order chi connectivity index (χ1) is 16.0. The molecule has 34 heavy (non-hydrogen) atoms. The molecule has 1 aromatic carbocycles. The predicted molar refractivity (Wildman–Crippen MR) is 121 cm³/mol. The van der Waals surface area contributed by atoms with Gasteiger partial charge in [-0.25, -0.2) is 8.42 Å². The van der Waals surface area contributed by atoms with E-state index < -0.39 is 21.8 Å². The Bertz CT molecular complexity index is 1130. The minimum atomic E-state index is -4.80. The third-order valence-corrected chi connectivity index (χ3v) is 10.5. The molecule has 0 aliphatic carbocycles. The number of ether oxygens (including phenoxy) is 1. The van der Waals surface area contributed by atoms with E-state index in [1.165, 1.54) is 27.8 Å². The van der Waals surface area contributed by atoms with Gasteiger partial charge in [0.25, 0.3) is 10.0 Å². The number of thiophene rings is 1. The van der Waals surface area contributed by atoms with Gasteiger partial charge in [0.1, 0.15) is 4.21 Å². The number of nitrogens with one attached hydrogen (secondary N) is 1. The van der Waals surface area contributed by atoms with Crippen LogP contribution < -0.4 is 10.2 Å². The van der Waals surface area contributed by atoms with Gasteiger partial charge in [-0.05, 0) is 36.1 Å². The summed E-state index contributed by atoms with van der Waals surface area (Å²) in [7, 11) is -3.64. The van der Waals surface area contributed by atoms with Crippen molar-refractivity contribution in [3.63, 3.8) is 0 Å². The summed E-state index contributed by atoms with van der Waals surface area (Å²) in [4.78, 5) is 2.06. The second-order valence-corrected chi connectivity index (χ2v) is 12.5. The molecule has 12 heteroatoms. The maximum Gasteiger partial charge on any atom is 0.421 e. The fraction of sp³-hybridized carbons (Fsp3) is 0.545. The molecule has 0 bridgehead atoms. The van der Waals surface area contributed by atoms with Gasteiger partial charge in [-0.3, -0.25) is 0 Å². The molecule has 7 nitrogen and oxygen atoms in total. The number of rotatable bonds is 5. The number of aliphatic hydroxyl groups is 1. The van der Waals surface area contributed by atoms with E-state index in [2.05, 4.69) is 10.2 Å². The van der Waals surface area contributed by atoms with Gasteiger partial charge in [-0.2, -0.15) is 17.5 Å². The van der Waals surface area contributed by atoms with E-state index in [1.807, 2.05) is 0 Å². The molecule has 4 heterocycles. The standard InChI is InChI=1S/C22H26F3N3O4S2/c1-20(29,22(23,24)25)15-4-6-16(7-5-15)28-9-8-27(34(30,31)18-3-2-10-33-18)11-17(28)19-21(12-26-19)13-32-14-21/h2-7,10,17,19,26,29H,8-9,11-14H2,1H3/t17-,19?,20?/m1/s1. The van der Waals surface area contributed by atoms with Crippen molar-refractivity contribution in [1.29, 1.82) is 0 Å². The molecule has 5 rings (SSSR count). The molecular formula is C22H26F3N3O4S2. The van der Waals surface area contributed by atoms with Gasteiger partial charge in [0.15, 0.2) is 5.60 Å². The van der Waals surface area contributed by atoms with Crippen LogP contribution in [0.2, 0.25) is 0 Å². The third-order valence-electron chi connectivity index (χ3n) is 7.28. The van der Waals surface area contributed by atoms with Crippen LogP contribution in [-0.4, -0.2) is 75.5 Å². The van der Waals surface area contributed by atoms with Gasteiger partial charge in [0.2, 0.25) is 0 Å². The van der Waals surface area contributed by atoms with Crippen LogP contribution in [0.1, 0.15) is 12.5 Å². The lowest BCUT2D eigenvalue weighted by molar-refractivity contribution is -0.258. The summed E-state index contributed by atoms with van der Waals surface area (Å²) in [6.07, 6.45) is -4.80. The molecule has 1 spiro atoms. The normalized spacial score (nSPS) is 27.1. The quantitative estimate of drug-likeness (QED) is 0.634. The minimum absolute atomic E-state index is 0.0134. The van der Waals surface area contributed by atoms with Gasteiger partial charge in [0.05, 0.1) is 19.3 Å². The number of hydrogen-bond acceptors (Lipinski definition) is 7. The lowest BCUT2D eigenvalue weighted by atomic mass is 9.68. The van der Waals surface area contributed by atoms with Gasteiger partial charge in [-0.15, -0.1) is 11.3 Å². The molecule has 0 radical (unpaired) electrons. The zero-order valence-electron chi connectivity index (χ0n) is 18.5. The van der Waals surface area contributed by atoms with Crippen molar-refractivity contribution in [2.75, 3.05) is 44.3 Å². The number of alkyl halides is 3. The van der Waals surface area contributed by atoms with Crippen LogP contribution in [0.5, 0.6) is 0 Å². The van der Waals surface area contributed by atoms with E-state index in [4.69, 9.17) is 4.74 Å². The molecular weight excluding hydrogens is 491 g/mol. The van der Waals surface area contributed by atoms with Crippen LogP contribution in [0, 0.1) is 5.41 Å². The van der Waals surface area contributed by atoms with E-state index in [1.54, 1.807) is 29.6 Å². The third kappa shape index (κ3) is 3.75. The van der Waals surface area contributed by atoms with E-state index in [-0.39, 0.29) is 36.2 Å². The Morgan fingerprint density at radius 2 is 1.88 bits per heavy atom. The average Bonchev–Trinajstić information content (AvgIpc) is 3.27. The highest BCUT2D eigenvalue weighted by atomic mass is 32.2. The summed E-state index contributed by atoms with van der Waals surface area (Å²) in [6.45, 7) is 3.61. The number of anilines is 1. The second-order valence-electron chi connectivity index (χ2n) is 9.39. The Hall–Kier alpha value is -1.70. The maximum atomic E-state index is 13.3. The van der Waals surface area contributed by atoms with Crippen molar-refractivity contribution in [3.05, 3.63) is 47.3 Å². The molecule has 186 valence electrons. The Kier molecular flexibility index (Phi) is 5.77. The average molecular weight is 518 g/mol. The van der Waals surface area contributed by atoms with E-state index in [9.17, 15) is 26.7 Å². The molecule has 3 atom stereocenters. The predicted octanol–water partition coefficient (Wildman–Crippen LogP) is 2.39. The molecule has 1 aromatic heterocycles. The summed E-state index contributed by atoms with van der Waals surface area (Å²) < 4.78 is 73.4. The monoisotopic (exact) mass is 517 g/mol. The van der Waals surface area contributed by atoms with Crippen molar-refractivity contribution >= 4 is 27.0 Å². The van der Waals surface area contributed by atoms with Crippen LogP contribution in [0.4, 0.5) is 18.9 Å². The van der Waals surface area contributed by atoms with Gasteiger partial charge in [-0.1, -0.05) is 18.2 Å². The first-order valence-electron chi connectivity index (χ1n) is 11.0. The number of nitrogens with zero attached hydrogens (tertiary/aromatic N) is 2. The van der Waals surface area contributed by atoms with E-state index in [0.717, 1.165) is 13.5 Å². The van der Waals surface area contributed by atoms with Gasteiger partial charge in [0, 0.05) is 43.3 Å². The molecule has 2 N–H and O–H groups in total. The highest BCUT2D eigenvalue weighted by molar-refractivity contribution is 7.91. The first kappa shape index (κ1) is 24.0. The molecule has 2 aromatic rings. The molecule has 3 saturated heterocycles. The van der Waals surface area contributed by atoms with Crippen LogP contribution in [0.15, 0.2) is 46.0 Å². The summed E-state index contributed by atoms with van der Waals surface area (Å²) >= 11 is 1.18. The SMILES string of the molecule is CC(O)(c1ccc(N2CCN(S(=O)(=O)c3cccs3)C[C@@H]2C2NCC23COC3)cc1)C(F)(F)F. The smallest absolute Gasteiger partial charge is 0.380 e. The van der Waals surface area contributed by atoms with E-state index >= 15 is 0 Å². The second kappa shape index (κ2) is 8.17. The number of benzene rings is 1. The van der Waals surface area contributed by atoms with Crippen LogP contribution in [-0.2, 0) is 20.4 Å². The fourth-order valence-corrected chi connectivity index (χ4v) is 7.58. The van der Waals surface area contributed by atoms with Crippen molar-refractivity contribution in [2.45, 2.75) is 35.0 Å². The topological polar surface area (TPSA) is 82.1 Å². The van der Waals surface area contributed by atoms with Crippen molar-refractivity contribution in [3.8, 4) is 0 Å². The van der Waals surface area contributed by atoms with Crippen molar-refractivity contribution in [2.24, 2.45) is 5.41 Å². The number of piperazine rings is 1. The highest BCUT2D eigenvalue weighted by Gasteiger charge is 2.57. The lowest BCUT2D eigenvalue weighted by Gasteiger charge is -2.61. The molecule has 3 aliphatic heterocycles. The number of halogens is 3. The van der Waals surface area contributed by atoms with Crippen LogP contribution in [0.3, 0.4) is 0 Å².